The Labute approximate surface area is 244 Å². The van der Waals surface area contributed by atoms with E-state index in [0.29, 0.717) is 22.7 Å². The molecule has 2 heterocycles. The highest BCUT2D eigenvalue weighted by Crippen LogP contribution is 2.38. The van der Waals surface area contributed by atoms with Crippen molar-refractivity contribution in [1.82, 2.24) is 0 Å². The Kier molecular flexibility index (Phi) is 6.56. The third kappa shape index (κ3) is 5.17. The zero-order valence-electron chi connectivity index (χ0n) is 23.1. The molecule has 4 N–H and O–H groups in total. The second-order valence-electron chi connectivity index (χ2n) is 10.7. The van der Waals surface area contributed by atoms with Crippen LogP contribution in [0.5, 0.6) is 0 Å². The lowest BCUT2D eigenvalue weighted by Gasteiger charge is -2.19. The van der Waals surface area contributed by atoms with Crippen molar-refractivity contribution in [3.63, 3.8) is 0 Å². The first-order valence-electron chi connectivity index (χ1n) is 14.0. The van der Waals surface area contributed by atoms with Gasteiger partial charge in [-0.2, -0.15) is 10.2 Å². The first-order valence-corrected chi connectivity index (χ1v) is 14.0. The first-order chi connectivity index (χ1) is 20.6. The third-order valence-electron chi connectivity index (χ3n) is 7.78. The predicted octanol–water partition coefficient (Wildman–Crippen LogP) is 8.72. The summed E-state index contributed by atoms with van der Waals surface area (Å²) in [5, 5.41) is 17.3. The van der Waals surface area contributed by atoms with E-state index in [4.69, 9.17) is 11.5 Å². The predicted molar refractivity (Wildman–Crippen MR) is 169 cm³/mol. The molecule has 8 heteroatoms. The molecular formula is C34H30N8. The van der Waals surface area contributed by atoms with Gasteiger partial charge in [-0.3, -0.25) is 0 Å². The van der Waals surface area contributed by atoms with Crippen LogP contribution in [0.25, 0.3) is 0 Å². The lowest BCUT2D eigenvalue weighted by molar-refractivity contribution is 0.868. The fraction of sp³-hybridized carbons (Fsp3) is 0.118. The van der Waals surface area contributed by atoms with Crippen molar-refractivity contribution in [3.8, 4) is 0 Å². The average Bonchev–Trinajstić information content (AvgIpc) is 3.63. The van der Waals surface area contributed by atoms with E-state index in [0.717, 1.165) is 48.9 Å². The number of rotatable bonds is 6. The summed E-state index contributed by atoms with van der Waals surface area (Å²) in [5.41, 5.74) is 24.5. The fourth-order valence-corrected chi connectivity index (χ4v) is 5.55. The van der Waals surface area contributed by atoms with Crippen LogP contribution >= 0.6 is 0 Å². The number of hydrogen-bond donors (Lipinski definition) is 2. The van der Waals surface area contributed by atoms with E-state index in [-0.39, 0.29) is 0 Å². The van der Waals surface area contributed by atoms with Gasteiger partial charge in [0, 0.05) is 37.6 Å². The molecule has 0 fully saturated rings. The zero-order chi connectivity index (χ0) is 28.5. The molecule has 0 atom stereocenters. The molecule has 5 aromatic rings. The summed E-state index contributed by atoms with van der Waals surface area (Å²) in [6.07, 6.45) is 0. The molecule has 8 nitrogen and oxygen atoms in total. The smallest absolute Gasteiger partial charge is 0.109 e. The fourth-order valence-electron chi connectivity index (χ4n) is 5.55. The summed E-state index contributed by atoms with van der Waals surface area (Å²) in [7, 11) is 0. The molecule has 0 saturated heterocycles. The molecule has 0 spiro atoms. The van der Waals surface area contributed by atoms with Crippen molar-refractivity contribution < 1.29 is 0 Å². The standard InChI is InChI=1S/C34H30N8/c35-31-17-29(11-13-33(31)39-37-27-7-3-1-4-8-27)41-19-23-15-25-21-42(22-26(25)16-24(23)20-41)30-12-14-34(32(36)18-30)40-38-28-9-5-2-6-10-28/h1-18H,19-22,35-36H2. The van der Waals surface area contributed by atoms with Crippen LogP contribution in [-0.2, 0) is 26.2 Å². The molecule has 7 rings (SSSR count). The highest BCUT2D eigenvalue weighted by atomic mass is 15.2. The molecule has 0 bridgehead atoms. The van der Waals surface area contributed by atoms with Crippen LogP contribution in [0, 0.1) is 0 Å². The second kappa shape index (κ2) is 10.8. The molecule has 0 radical (unpaired) electrons. The lowest BCUT2D eigenvalue weighted by atomic mass is 10.0. The van der Waals surface area contributed by atoms with E-state index in [1.807, 2.05) is 84.9 Å². The topological polar surface area (TPSA) is 108 Å². The zero-order valence-corrected chi connectivity index (χ0v) is 23.1. The van der Waals surface area contributed by atoms with Gasteiger partial charge in [0.2, 0.25) is 0 Å². The molecule has 0 amide bonds. The Morgan fingerprint density at radius 2 is 0.810 bits per heavy atom. The molecule has 0 unspecified atom stereocenters. The van der Waals surface area contributed by atoms with Gasteiger partial charge >= 0.3 is 0 Å². The van der Waals surface area contributed by atoms with Crippen LogP contribution in [-0.4, -0.2) is 0 Å². The monoisotopic (exact) mass is 550 g/mol. The maximum Gasteiger partial charge on any atom is 0.109 e. The Balaban J connectivity index is 1.02. The number of nitrogens with zero attached hydrogens (tertiary/aromatic N) is 6. The maximum atomic E-state index is 6.37. The largest absolute Gasteiger partial charge is 0.397 e. The number of fused-ring (bicyclic) bond motifs is 2. The SMILES string of the molecule is Nc1cc(N2Cc3cc4c(cc3C2)CN(c2ccc(N=Nc3ccccc3)c(N)c2)C4)ccc1N=Nc1ccccc1. The number of azo groups is 2. The molecule has 2 aliphatic heterocycles. The van der Waals surface area contributed by atoms with Gasteiger partial charge in [0.15, 0.2) is 0 Å². The molecule has 42 heavy (non-hydrogen) atoms. The van der Waals surface area contributed by atoms with Gasteiger partial charge < -0.3 is 21.3 Å². The Morgan fingerprint density at radius 1 is 0.429 bits per heavy atom. The number of nitrogens with two attached hydrogens (primary N) is 2. The van der Waals surface area contributed by atoms with Crippen LogP contribution in [0.4, 0.5) is 45.5 Å². The van der Waals surface area contributed by atoms with Crippen molar-refractivity contribution >= 4 is 45.5 Å². The first kappa shape index (κ1) is 25.5. The average molecular weight is 551 g/mol. The van der Waals surface area contributed by atoms with E-state index >= 15 is 0 Å². The van der Waals surface area contributed by atoms with Crippen molar-refractivity contribution in [2.24, 2.45) is 20.5 Å². The summed E-state index contributed by atoms with van der Waals surface area (Å²) in [5.74, 6) is 0. The van der Waals surface area contributed by atoms with E-state index in [9.17, 15) is 0 Å². The lowest BCUT2D eigenvalue weighted by Crippen LogP contribution is -2.15. The van der Waals surface area contributed by atoms with Gasteiger partial charge in [0.05, 0.1) is 22.7 Å². The van der Waals surface area contributed by atoms with Crippen LogP contribution in [0.2, 0.25) is 0 Å². The molecule has 5 aromatic carbocycles. The van der Waals surface area contributed by atoms with Crippen molar-refractivity contribution in [2.75, 3.05) is 21.3 Å². The molecule has 0 aliphatic carbocycles. The minimum Gasteiger partial charge on any atom is -0.397 e. The Morgan fingerprint density at radius 3 is 1.17 bits per heavy atom. The van der Waals surface area contributed by atoms with Gasteiger partial charge in [0.25, 0.3) is 0 Å². The number of hydrogen-bond acceptors (Lipinski definition) is 8. The van der Waals surface area contributed by atoms with Crippen LogP contribution < -0.4 is 21.3 Å². The van der Waals surface area contributed by atoms with E-state index in [1.165, 1.54) is 22.3 Å². The minimum atomic E-state index is 0.619. The summed E-state index contributed by atoms with van der Waals surface area (Å²) < 4.78 is 0. The number of anilines is 4. The molecule has 206 valence electrons. The van der Waals surface area contributed by atoms with Crippen molar-refractivity contribution in [2.45, 2.75) is 26.2 Å². The van der Waals surface area contributed by atoms with Gasteiger partial charge in [-0.15, -0.1) is 10.2 Å². The Hall–Kier alpha value is -5.50. The summed E-state index contributed by atoms with van der Waals surface area (Å²) in [6, 6.07) is 36.1. The van der Waals surface area contributed by atoms with E-state index in [2.05, 4.69) is 54.5 Å². The van der Waals surface area contributed by atoms with E-state index in [1.54, 1.807) is 0 Å². The molecular weight excluding hydrogens is 520 g/mol. The van der Waals surface area contributed by atoms with Crippen LogP contribution in [0.3, 0.4) is 0 Å². The Bertz CT molecular complexity index is 1650. The molecule has 0 aromatic heterocycles. The minimum absolute atomic E-state index is 0.619. The second-order valence-corrected chi connectivity index (χ2v) is 10.7. The number of nitrogen functional groups attached to an aromatic ring is 2. The summed E-state index contributed by atoms with van der Waals surface area (Å²) >= 11 is 0. The van der Waals surface area contributed by atoms with Crippen molar-refractivity contribution in [1.29, 1.82) is 0 Å². The highest BCUT2D eigenvalue weighted by Gasteiger charge is 2.26. The highest BCUT2D eigenvalue weighted by molar-refractivity contribution is 5.71. The van der Waals surface area contributed by atoms with Gasteiger partial charge in [-0.25, -0.2) is 0 Å². The molecule has 0 saturated carbocycles. The molecule has 2 aliphatic rings. The summed E-state index contributed by atoms with van der Waals surface area (Å²) in [6.45, 7) is 3.39. The number of benzene rings is 5. The third-order valence-corrected chi connectivity index (χ3v) is 7.78. The normalized spacial score (nSPS) is 14.2. The van der Waals surface area contributed by atoms with Crippen LogP contribution in [0.1, 0.15) is 22.3 Å². The van der Waals surface area contributed by atoms with Gasteiger partial charge in [-0.1, -0.05) is 48.5 Å². The summed E-state index contributed by atoms with van der Waals surface area (Å²) in [4.78, 5) is 4.71. The quantitative estimate of drug-likeness (QED) is 0.163. The van der Waals surface area contributed by atoms with Gasteiger partial charge in [-0.05, 0) is 82.9 Å². The van der Waals surface area contributed by atoms with E-state index < -0.39 is 0 Å². The van der Waals surface area contributed by atoms with Crippen LogP contribution in [0.15, 0.2) is 130 Å². The van der Waals surface area contributed by atoms with Crippen molar-refractivity contribution in [3.05, 3.63) is 131 Å². The maximum absolute atomic E-state index is 6.37. The van der Waals surface area contributed by atoms with Gasteiger partial charge in [0.1, 0.15) is 11.4 Å².